The molecule has 0 saturated heterocycles. The Hall–Kier alpha value is -2.96. The molecule has 3 heterocycles. The maximum atomic E-state index is 11.4. The Bertz CT molecular complexity index is 827. The van der Waals surface area contributed by atoms with Crippen LogP contribution in [0.4, 0.5) is 5.69 Å². The first-order valence-corrected chi connectivity index (χ1v) is 6.85. The summed E-state index contributed by atoms with van der Waals surface area (Å²) in [4.78, 5) is 20.2. The Morgan fingerprint density at radius 3 is 2.77 bits per heavy atom. The highest BCUT2D eigenvalue weighted by molar-refractivity contribution is 6.03. The molecule has 3 aromatic rings. The van der Waals surface area contributed by atoms with Crippen molar-refractivity contribution in [1.82, 2.24) is 20.2 Å². The number of anilines is 1. The van der Waals surface area contributed by atoms with Crippen LogP contribution >= 0.6 is 0 Å². The molecule has 0 spiro atoms. The molecular weight excluding hydrogens is 282 g/mol. The predicted molar refractivity (Wildman–Crippen MR) is 82.8 cm³/mol. The summed E-state index contributed by atoms with van der Waals surface area (Å²) in [6.45, 7) is 3.88. The molecule has 3 rings (SSSR count). The Labute approximate surface area is 126 Å². The fraction of sp³-hybridized carbons (Fsp3) is 0.200. The molecule has 7 nitrogen and oxygen atoms in total. The Morgan fingerprint density at radius 2 is 2.14 bits per heavy atom. The molecule has 0 aromatic carbocycles. The van der Waals surface area contributed by atoms with Gasteiger partial charge in [0.05, 0.1) is 23.1 Å². The van der Waals surface area contributed by atoms with Crippen LogP contribution in [-0.2, 0) is 0 Å². The van der Waals surface area contributed by atoms with Crippen LogP contribution in [0.15, 0.2) is 30.7 Å². The maximum Gasteiger partial charge on any atom is 0.339 e. The van der Waals surface area contributed by atoms with Crippen LogP contribution in [0.25, 0.3) is 22.3 Å². The van der Waals surface area contributed by atoms with E-state index in [1.54, 1.807) is 12.4 Å². The highest BCUT2D eigenvalue weighted by Gasteiger charge is 2.17. The largest absolute Gasteiger partial charge is 0.478 e. The molecule has 0 unspecified atom stereocenters. The van der Waals surface area contributed by atoms with Gasteiger partial charge in [-0.1, -0.05) is 0 Å². The van der Waals surface area contributed by atoms with E-state index in [2.05, 4.69) is 25.5 Å². The molecule has 0 amide bonds. The van der Waals surface area contributed by atoms with Crippen LogP contribution in [0.2, 0.25) is 0 Å². The molecule has 0 saturated carbocycles. The van der Waals surface area contributed by atoms with Crippen molar-refractivity contribution < 1.29 is 9.90 Å². The van der Waals surface area contributed by atoms with Gasteiger partial charge < -0.3 is 10.4 Å². The number of carboxylic acid groups (broad SMARTS) is 1. The minimum absolute atomic E-state index is 0.0723. The van der Waals surface area contributed by atoms with Crippen LogP contribution in [0.5, 0.6) is 0 Å². The van der Waals surface area contributed by atoms with Crippen molar-refractivity contribution in [2.24, 2.45) is 0 Å². The lowest BCUT2D eigenvalue weighted by Gasteiger charge is -2.15. The van der Waals surface area contributed by atoms with E-state index in [1.807, 2.05) is 26.0 Å². The maximum absolute atomic E-state index is 11.4. The van der Waals surface area contributed by atoms with Gasteiger partial charge in [-0.25, -0.2) is 9.78 Å². The monoisotopic (exact) mass is 297 g/mol. The van der Waals surface area contributed by atoms with E-state index in [-0.39, 0.29) is 11.6 Å². The fourth-order valence-corrected chi connectivity index (χ4v) is 2.21. The number of hydrogen-bond donors (Lipinski definition) is 3. The van der Waals surface area contributed by atoms with Gasteiger partial charge in [0.1, 0.15) is 11.1 Å². The lowest BCUT2D eigenvalue weighted by Crippen LogP contribution is -2.15. The first-order chi connectivity index (χ1) is 10.6. The lowest BCUT2D eigenvalue weighted by molar-refractivity contribution is 0.0697. The zero-order chi connectivity index (χ0) is 15.7. The van der Waals surface area contributed by atoms with Gasteiger partial charge in [-0.05, 0) is 26.0 Å². The number of rotatable bonds is 4. The van der Waals surface area contributed by atoms with Crippen LogP contribution in [0.3, 0.4) is 0 Å². The molecule has 0 fully saturated rings. The topological polar surface area (TPSA) is 104 Å². The molecule has 0 aliphatic carbocycles. The first-order valence-electron chi connectivity index (χ1n) is 6.85. The van der Waals surface area contributed by atoms with Crippen molar-refractivity contribution in [3.05, 3.63) is 36.3 Å². The van der Waals surface area contributed by atoms with Gasteiger partial charge in [0.15, 0.2) is 0 Å². The van der Waals surface area contributed by atoms with Crippen molar-refractivity contribution in [2.75, 3.05) is 5.32 Å². The van der Waals surface area contributed by atoms with E-state index in [4.69, 9.17) is 0 Å². The van der Waals surface area contributed by atoms with E-state index in [0.29, 0.717) is 22.4 Å². The third-order valence-electron chi connectivity index (χ3n) is 3.17. The van der Waals surface area contributed by atoms with Crippen LogP contribution in [-0.4, -0.2) is 37.3 Å². The van der Waals surface area contributed by atoms with E-state index < -0.39 is 5.97 Å². The minimum Gasteiger partial charge on any atom is -0.478 e. The first kappa shape index (κ1) is 14.0. The quantitative estimate of drug-likeness (QED) is 0.683. The molecule has 7 heteroatoms. The van der Waals surface area contributed by atoms with Crippen molar-refractivity contribution in [2.45, 2.75) is 19.9 Å². The molecule has 0 aliphatic rings. The molecule has 22 heavy (non-hydrogen) atoms. The summed E-state index contributed by atoms with van der Waals surface area (Å²) >= 11 is 0. The van der Waals surface area contributed by atoms with Gasteiger partial charge in [0.2, 0.25) is 0 Å². The summed E-state index contributed by atoms with van der Waals surface area (Å²) in [6.07, 6.45) is 4.75. The second-order valence-corrected chi connectivity index (χ2v) is 5.20. The molecule has 0 aliphatic heterocycles. The number of aromatic carboxylic acids is 1. The van der Waals surface area contributed by atoms with Crippen molar-refractivity contribution in [1.29, 1.82) is 0 Å². The number of carbonyl (C=O) groups is 1. The average Bonchev–Trinajstić information content (AvgIpc) is 3.00. The zero-order valence-corrected chi connectivity index (χ0v) is 12.2. The molecule has 0 radical (unpaired) electrons. The normalized spacial score (nSPS) is 11.0. The van der Waals surface area contributed by atoms with E-state index >= 15 is 0 Å². The zero-order valence-electron chi connectivity index (χ0n) is 12.2. The highest BCUT2D eigenvalue weighted by Crippen LogP contribution is 2.27. The summed E-state index contributed by atoms with van der Waals surface area (Å²) in [6, 6.07) is 3.73. The average molecular weight is 297 g/mol. The number of fused-ring (bicyclic) bond motifs is 1. The van der Waals surface area contributed by atoms with Crippen molar-refractivity contribution >= 4 is 22.7 Å². The Balaban J connectivity index is 2.25. The van der Waals surface area contributed by atoms with Crippen LogP contribution < -0.4 is 5.32 Å². The SMILES string of the molecule is CC(C)Nc1c(C(=O)O)cnc2ccc(-c3cn[nH]c3)nc12. The lowest BCUT2D eigenvalue weighted by atomic mass is 10.1. The summed E-state index contributed by atoms with van der Waals surface area (Å²) in [5.41, 5.74) is 3.30. The van der Waals surface area contributed by atoms with Crippen molar-refractivity contribution in [3.8, 4) is 11.3 Å². The van der Waals surface area contributed by atoms with Crippen LogP contribution in [0.1, 0.15) is 24.2 Å². The highest BCUT2D eigenvalue weighted by atomic mass is 16.4. The third kappa shape index (κ3) is 2.48. The number of aromatic nitrogens is 4. The minimum atomic E-state index is -1.03. The van der Waals surface area contributed by atoms with Crippen molar-refractivity contribution in [3.63, 3.8) is 0 Å². The van der Waals surface area contributed by atoms with E-state index in [1.165, 1.54) is 6.20 Å². The van der Waals surface area contributed by atoms with E-state index in [0.717, 1.165) is 5.56 Å². The second-order valence-electron chi connectivity index (χ2n) is 5.20. The number of nitrogens with zero attached hydrogens (tertiary/aromatic N) is 3. The van der Waals surface area contributed by atoms with Gasteiger partial charge in [0.25, 0.3) is 0 Å². The Kier molecular flexibility index (Phi) is 3.46. The summed E-state index contributed by atoms with van der Waals surface area (Å²) < 4.78 is 0. The summed E-state index contributed by atoms with van der Waals surface area (Å²) in [5, 5.41) is 19.2. The standard InChI is InChI=1S/C15H15N5O2/c1-8(2)19-13-10(15(21)22)7-16-12-4-3-11(20-14(12)13)9-5-17-18-6-9/h3-8H,1-2H3,(H,16,19)(H,17,18)(H,21,22). The second kappa shape index (κ2) is 5.44. The fourth-order valence-electron chi connectivity index (χ4n) is 2.21. The van der Waals surface area contributed by atoms with Gasteiger partial charge in [-0.3, -0.25) is 10.1 Å². The molecule has 3 N–H and O–H groups in total. The number of aromatic amines is 1. The molecule has 0 atom stereocenters. The number of H-pyrrole nitrogens is 1. The van der Waals surface area contributed by atoms with E-state index in [9.17, 15) is 9.90 Å². The third-order valence-corrected chi connectivity index (χ3v) is 3.17. The molecule has 0 bridgehead atoms. The number of nitrogens with one attached hydrogen (secondary N) is 2. The number of carboxylic acids is 1. The summed E-state index contributed by atoms with van der Waals surface area (Å²) in [5.74, 6) is -1.03. The molecule has 3 aromatic heterocycles. The Morgan fingerprint density at radius 1 is 1.32 bits per heavy atom. The summed E-state index contributed by atoms with van der Waals surface area (Å²) in [7, 11) is 0. The number of pyridine rings is 2. The predicted octanol–water partition coefficient (Wildman–Crippen LogP) is 2.54. The van der Waals surface area contributed by atoms with Gasteiger partial charge >= 0.3 is 5.97 Å². The number of hydrogen-bond acceptors (Lipinski definition) is 5. The van der Waals surface area contributed by atoms with Gasteiger partial charge in [-0.2, -0.15) is 5.10 Å². The van der Waals surface area contributed by atoms with Gasteiger partial charge in [0, 0.05) is 24.0 Å². The van der Waals surface area contributed by atoms with Crippen LogP contribution in [0, 0.1) is 0 Å². The van der Waals surface area contributed by atoms with Gasteiger partial charge in [-0.15, -0.1) is 0 Å². The molecule has 112 valence electrons. The molecular formula is C15H15N5O2. The smallest absolute Gasteiger partial charge is 0.339 e.